The maximum absolute atomic E-state index is 12.0. The van der Waals surface area contributed by atoms with Crippen LogP contribution in [0.4, 0.5) is 5.69 Å². The summed E-state index contributed by atoms with van der Waals surface area (Å²) >= 11 is 6.34. The Morgan fingerprint density at radius 1 is 1.32 bits per heavy atom. The molecule has 5 heteroatoms. The van der Waals surface area contributed by atoms with Gasteiger partial charge in [-0.3, -0.25) is 4.79 Å². The smallest absolute Gasteiger partial charge is 0.249 e. The molecular formula is C17H18ClN3O. The second kappa shape index (κ2) is 5.99. The van der Waals surface area contributed by atoms with Gasteiger partial charge in [-0.1, -0.05) is 29.8 Å². The largest absolute Gasteiger partial charge is 0.385 e. The predicted octanol–water partition coefficient (Wildman–Crippen LogP) is 2.92. The molecule has 1 heterocycles. The molecule has 0 radical (unpaired) electrons. The molecule has 1 amide bonds. The van der Waals surface area contributed by atoms with E-state index < -0.39 is 5.91 Å². The van der Waals surface area contributed by atoms with Crippen LogP contribution >= 0.6 is 11.6 Å². The van der Waals surface area contributed by atoms with Gasteiger partial charge < -0.3 is 16.8 Å². The highest BCUT2D eigenvalue weighted by Crippen LogP contribution is 2.39. The van der Waals surface area contributed by atoms with Gasteiger partial charge in [-0.05, 0) is 36.1 Å². The average Bonchev–Trinajstić information content (AvgIpc) is 2.53. The lowest BCUT2D eigenvalue weighted by atomic mass is 9.86. The van der Waals surface area contributed by atoms with Crippen molar-refractivity contribution in [2.24, 2.45) is 11.5 Å². The quantitative estimate of drug-likeness (QED) is 0.814. The van der Waals surface area contributed by atoms with Crippen LogP contribution in [-0.4, -0.2) is 12.5 Å². The van der Waals surface area contributed by atoms with Crippen LogP contribution in [0.5, 0.6) is 0 Å². The summed E-state index contributed by atoms with van der Waals surface area (Å²) in [6.07, 6.45) is 1.98. The molecule has 0 unspecified atom stereocenters. The first-order chi connectivity index (χ1) is 10.6. The molecule has 2 aromatic rings. The molecule has 3 rings (SSSR count). The number of hydrogen-bond acceptors (Lipinski definition) is 3. The SMILES string of the molecule is NCc1c2c(cc(C(N)=O)c1-c1ccccc1Cl)NCCC2. The fourth-order valence-corrected chi connectivity index (χ4v) is 3.33. The minimum absolute atomic E-state index is 0.339. The van der Waals surface area contributed by atoms with E-state index in [9.17, 15) is 4.79 Å². The van der Waals surface area contributed by atoms with Gasteiger partial charge in [0.2, 0.25) is 5.91 Å². The molecule has 22 heavy (non-hydrogen) atoms. The van der Waals surface area contributed by atoms with Gasteiger partial charge in [0.05, 0.1) is 0 Å². The average molecular weight is 316 g/mol. The van der Waals surface area contributed by atoms with Gasteiger partial charge in [0, 0.05) is 40.5 Å². The first-order valence-electron chi connectivity index (χ1n) is 7.31. The third-order valence-corrected chi connectivity index (χ3v) is 4.41. The summed E-state index contributed by atoms with van der Waals surface area (Å²) in [6, 6.07) is 9.28. The number of anilines is 1. The second-order valence-corrected chi connectivity index (χ2v) is 5.79. The molecule has 0 saturated heterocycles. The number of hydrogen-bond donors (Lipinski definition) is 3. The van der Waals surface area contributed by atoms with E-state index in [1.807, 2.05) is 24.3 Å². The summed E-state index contributed by atoms with van der Waals surface area (Å²) in [4.78, 5) is 12.0. The van der Waals surface area contributed by atoms with Crippen molar-refractivity contribution in [3.8, 4) is 11.1 Å². The van der Waals surface area contributed by atoms with Crippen molar-refractivity contribution in [1.29, 1.82) is 0 Å². The minimum Gasteiger partial charge on any atom is -0.385 e. The van der Waals surface area contributed by atoms with E-state index >= 15 is 0 Å². The highest BCUT2D eigenvalue weighted by molar-refractivity contribution is 6.33. The Bertz CT molecular complexity index is 743. The van der Waals surface area contributed by atoms with Gasteiger partial charge in [-0.2, -0.15) is 0 Å². The minimum atomic E-state index is -0.472. The van der Waals surface area contributed by atoms with Crippen LogP contribution in [-0.2, 0) is 13.0 Å². The lowest BCUT2D eigenvalue weighted by Gasteiger charge is -2.25. The lowest BCUT2D eigenvalue weighted by molar-refractivity contribution is 0.100. The van der Waals surface area contributed by atoms with Gasteiger partial charge in [-0.25, -0.2) is 0 Å². The molecule has 1 aliphatic heterocycles. The Labute approximate surface area is 134 Å². The van der Waals surface area contributed by atoms with Crippen molar-refractivity contribution < 1.29 is 4.79 Å². The number of halogens is 1. The van der Waals surface area contributed by atoms with Crippen molar-refractivity contribution in [2.75, 3.05) is 11.9 Å². The predicted molar refractivity (Wildman–Crippen MR) is 90.1 cm³/mol. The van der Waals surface area contributed by atoms with Crippen LogP contribution in [0.15, 0.2) is 30.3 Å². The number of carbonyl (C=O) groups is 1. The number of primary amides is 1. The van der Waals surface area contributed by atoms with Crippen molar-refractivity contribution >= 4 is 23.2 Å². The first kappa shape index (κ1) is 14.9. The third kappa shape index (κ3) is 2.45. The summed E-state index contributed by atoms with van der Waals surface area (Å²) in [5.41, 5.74) is 16.7. The van der Waals surface area contributed by atoms with Crippen molar-refractivity contribution in [3.05, 3.63) is 52.0 Å². The Morgan fingerprint density at radius 3 is 2.77 bits per heavy atom. The Kier molecular flexibility index (Phi) is 4.05. The highest BCUT2D eigenvalue weighted by Gasteiger charge is 2.23. The van der Waals surface area contributed by atoms with Crippen LogP contribution in [0, 0.1) is 0 Å². The van der Waals surface area contributed by atoms with Crippen LogP contribution < -0.4 is 16.8 Å². The molecule has 5 N–H and O–H groups in total. The molecule has 0 saturated carbocycles. The molecule has 0 spiro atoms. The molecule has 0 bridgehead atoms. The molecule has 114 valence electrons. The van der Waals surface area contributed by atoms with Gasteiger partial charge in [-0.15, -0.1) is 0 Å². The standard InChI is InChI=1S/C17H18ClN3O/c18-14-6-2-1-4-11(14)16-12(17(20)22)8-15-10(13(16)9-19)5-3-7-21-15/h1-2,4,6,8,21H,3,5,7,9,19H2,(H2,20,22). The fraction of sp³-hybridized carbons (Fsp3) is 0.235. The molecule has 0 fully saturated rings. The van der Waals surface area contributed by atoms with E-state index in [0.717, 1.165) is 47.3 Å². The summed E-state index contributed by atoms with van der Waals surface area (Å²) < 4.78 is 0. The van der Waals surface area contributed by atoms with Gasteiger partial charge in [0.15, 0.2) is 0 Å². The summed E-state index contributed by atoms with van der Waals surface area (Å²) in [6.45, 7) is 1.23. The van der Waals surface area contributed by atoms with Crippen LogP contribution in [0.2, 0.25) is 5.02 Å². The summed E-state index contributed by atoms with van der Waals surface area (Å²) in [5.74, 6) is -0.472. The maximum Gasteiger partial charge on any atom is 0.249 e. The van der Waals surface area contributed by atoms with E-state index in [2.05, 4.69) is 5.32 Å². The molecule has 4 nitrogen and oxygen atoms in total. The van der Waals surface area contributed by atoms with Crippen molar-refractivity contribution in [2.45, 2.75) is 19.4 Å². The highest BCUT2D eigenvalue weighted by atomic mass is 35.5. The lowest BCUT2D eigenvalue weighted by Crippen LogP contribution is -2.20. The monoisotopic (exact) mass is 315 g/mol. The van der Waals surface area contributed by atoms with Gasteiger partial charge >= 0.3 is 0 Å². The number of amides is 1. The molecule has 1 aliphatic rings. The number of rotatable bonds is 3. The molecule has 0 aromatic heterocycles. The van der Waals surface area contributed by atoms with E-state index in [4.69, 9.17) is 23.1 Å². The number of fused-ring (bicyclic) bond motifs is 1. The van der Waals surface area contributed by atoms with E-state index in [1.54, 1.807) is 6.07 Å². The number of nitrogens with two attached hydrogens (primary N) is 2. The van der Waals surface area contributed by atoms with Crippen molar-refractivity contribution in [1.82, 2.24) is 0 Å². The van der Waals surface area contributed by atoms with Crippen LogP contribution in [0.3, 0.4) is 0 Å². The first-order valence-corrected chi connectivity index (χ1v) is 7.68. The van der Waals surface area contributed by atoms with E-state index in [-0.39, 0.29) is 0 Å². The number of carbonyl (C=O) groups excluding carboxylic acids is 1. The topological polar surface area (TPSA) is 81.1 Å². The van der Waals surface area contributed by atoms with E-state index in [0.29, 0.717) is 17.1 Å². The molecule has 2 aromatic carbocycles. The number of benzene rings is 2. The molecule has 0 atom stereocenters. The maximum atomic E-state index is 12.0. The van der Waals surface area contributed by atoms with Crippen molar-refractivity contribution in [3.63, 3.8) is 0 Å². The zero-order chi connectivity index (χ0) is 15.7. The Hall–Kier alpha value is -2.04. The second-order valence-electron chi connectivity index (χ2n) is 5.38. The Morgan fingerprint density at radius 2 is 2.09 bits per heavy atom. The molecule has 0 aliphatic carbocycles. The summed E-state index contributed by atoms with van der Waals surface area (Å²) in [7, 11) is 0. The zero-order valence-corrected chi connectivity index (χ0v) is 12.9. The zero-order valence-electron chi connectivity index (χ0n) is 12.2. The number of nitrogens with one attached hydrogen (secondary N) is 1. The third-order valence-electron chi connectivity index (χ3n) is 4.08. The fourth-order valence-electron chi connectivity index (χ4n) is 3.10. The summed E-state index contributed by atoms with van der Waals surface area (Å²) in [5, 5.41) is 3.92. The van der Waals surface area contributed by atoms with Gasteiger partial charge in [0.1, 0.15) is 0 Å². The normalized spacial score (nSPS) is 13.4. The molecular weight excluding hydrogens is 298 g/mol. The van der Waals surface area contributed by atoms with E-state index in [1.165, 1.54) is 0 Å². The van der Waals surface area contributed by atoms with Gasteiger partial charge in [0.25, 0.3) is 0 Å². The van der Waals surface area contributed by atoms with Crippen LogP contribution in [0.25, 0.3) is 11.1 Å². The Balaban J connectivity index is 2.36. The van der Waals surface area contributed by atoms with Crippen LogP contribution in [0.1, 0.15) is 27.9 Å².